The van der Waals surface area contributed by atoms with E-state index in [1.54, 1.807) is 0 Å². The Labute approximate surface area is 109 Å². The van der Waals surface area contributed by atoms with E-state index in [9.17, 15) is 4.79 Å². The van der Waals surface area contributed by atoms with Crippen LogP contribution in [0.4, 0.5) is 0 Å². The number of likely N-dealkylation sites (tertiary alicyclic amines) is 1. The second-order valence-electron chi connectivity index (χ2n) is 6.28. The van der Waals surface area contributed by atoms with Crippen molar-refractivity contribution in [2.75, 3.05) is 32.7 Å². The summed E-state index contributed by atoms with van der Waals surface area (Å²) >= 11 is 0. The van der Waals surface area contributed by atoms with Gasteiger partial charge in [-0.05, 0) is 63.7 Å². The first kappa shape index (κ1) is 12.4. The summed E-state index contributed by atoms with van der Waals surface area (Å²) < 4.78 is 0. The number of nitrogens with zero attached hydrogens (tertiary/aromatic N) is 2. The average Bonchev–Trinajstić information content (AvgIpc) is 2.72. The van der Waals surface area contributed by atoms with Crippen LogP contribution in [0.2, 0.25) is 0 Å². The topological polar surface area (TPSA) is 43.8 Å². The molecule has 3 unspecified atom stereocenters. The Kier molecular flexibility index (Phi) is 3.57. The first-order valence-electron chi connectivity index (χ1n) is 7.40. The van der Waals surface area contributed by atoms with Gasteiger partial charge >= 0.3 is 5.97 Å². The Hall–Kier alpha value is -0.610. The summed E-state index contributed by atoms with van der Waals surface area (Å²) in [5, 5.41) is 8.85. The molecule has 0 amide bonds. The minimum atomic E-state index is -0.627. The molecule has 4 heteroatoms. The maximum absolute atomic E-state index is 10.7. The zero-order chi connectivity index (χ0) is 12.5. The summed E-state index contributed by atoms with van der Waals surface area (Å²) in [7, 11) is 0. The molecule has 3 fully saturated rings. The van der Waals surface area contributed by atoms with Crippen LogP contribution in [0.25, 0.3) is 0 Å². The second-order valence-corrected chi connectivity index (χ2v) is 6.28. The number of carbonyl (C=O) groups is 1. The van der Waals surface area contributed by atoms with Crippen LogP contribution in [0.5, 0.6) is 0 Å². The smallest absolute Gasteiger partial charge is 0.303 e. The van der Waals surface area contributed by atoms with E-state index in [-0.39, 0.29) is 0 Å². The third kappa shape index (κ3) is 2.54. The predicted molar refractivity (Wildman–Crippen MR) is 69.5 cm³/mol. The van der Waals surface area contributed by atoms with Crippen LogP contribution in [0.3, 0.4) is 0 Å². The monoisotopic (exact) mass is 252 g/mol. The molecule has 1 N–H and O–H groups in total. The molecule has 3 rings (SSSR count). The van der Waals surface area contributed by atoms with Crippen LogP contribution in [0.1, 0.15) is 32.1 Å². The lowest BCUT2D eigenvalue weighted by atomic mass is 9.88. The molecule has 18 heavy (non-hydrogen) atoms. The van der Waals surface area contributed by atoms with Crippen LogP contribution >= 0.6 is 0 Å². The van der Waals surface area contributed by atoms with Crippen LogP contribution in [-0.4, -0.2) is 59.6 Å². The molecule has 0 aromatic rings. The minimum Gasteiger partial charge on any atom is -0.481 e. The Morgan fingerprint density at radius 2 is 1.78 bits per heavy atom. The summed E-state index contributed by atoms with van der Waals surface area (Å²) in [6, 6.07) is 0.787. The van der Waals surface area contributed by atoms with Gasteiger partial charge in [0.05, 0.1) is 0 Å². The number of piperidine rings is 2. The SMILES string of the molecule is O=C(O)CC1CCN(C2CCN3CCC2C3)CC1. The fourth-order valence-corrected chi connectivity index (χ4v) is 4.15. The Morgan fingerprint density at radius 3 is 2.50 bits per heavy atom. The molecule has 0 saturated carbocycles. The summed E-state index contributed by atoms with van der Waals surface area (Å²) in [5.41, 5.74) is 0. The van der Waals surface area contributed by atoms with Crippen molar-refractivity contribution in [3.8, 4) is 0 Å². The number of hydrogen-bond acceptors (Lipinski definition) is 3. The summed E-state index contributed by atoms with van der Waals surface area (Å²) in [6.45, 7) is 6.13. The van der Waals surface area contributed by atoms with Gasteiger partial charge in [-0.3, -0.25) is 9.69 Å². The number of fused-ring (bicyclic) bond motifs is 2. The van der Waals surface area contributed by atoms with Crippen molar-refractivity contribution in [3.63, 3.8) is 0 Å². The van der Waals surface area contributed by atoms with E-state index in [1.165, 1.54) is 32.5 Å². The van der Waals surface area contributed by atoms with Gasteiger partial charge in [0, 0.05) is 19.0 Å². The molecule has 0 aromatic heterocycles. The van der Waals surface area contributed by atoms with Crippen molar-refractivity contribution in [2.24, 2.45) is 11.8 Å². The normalized spacial score (nSPS) is 37.9. The maximum Gasteiger partial charge on any atom is 0.303 e. The van der Waals surface area contributed by atoms with E-state index in [4.69, 9.17) is 5.11 Å². The van der Waals surface area contributed by atoms with Gasteiger partial charge in [-0.15, -0.1) is 0 Å². The highest BCUT2D eigenvalue weighted by Crippen LogP contribution is 2.33. The van der Waals surface area contributed by atoms with E-state index in [0.29, 0.717) is 12.3 Å². The molecule has 3 atom stereocenters. The second kappa shape index (κ2) is 5.17. The Balaban J connectivity index is 1.51. The first-order valence-corrected chi connectivity index (χ1v) is 7.40. The quantitative estimate of drug-likeness (QED) is 0.821. The highest BCUT2D eigenvalue weighted by Gasteiger charge is 2.38. The third-order valence-corrected chi connectivity index (χ3v) is 5.18. The van der Waals surface area contributed by atoms with Gasteiger partial charge in [0.1, 0.15) is 0 Å². The van der Waals surface area contributed by atoms with E-state index in [2.05, 4.69) is 9.80 Å². The lowest BCUT2D eigenvalue weighted by Crippen LogP contribution is -2.49. The number of hydrogen-bond donors (Lipinski definition) is 1. The molecule has 3 aliphatic heterocycles. The predicted octanol–water partition coefficient (Wildman–Crippen LogP) is 1.27. The van der Waals surface area contributed by atoms with Crippen LogP contribution in [0.15, 0.2) is 0 Å². The summed E-state index contributed by atoms with van der Waals surface area (Å²) in [4.78, 5) is 16.0. The van der Waals surface area contributed by atoms with E-state index >= 15 is 0 Å². The van der Waals surface area contributed by atoms with E-state index < -0.39 is 5.97 Å². The van der Waals surface area contributed by atoms with Gasteiger partial charge in [-0.2, -0.15) is 0 Å². The van der Waals surface area contributed by atoms with Gasteiger partial charge in [0.25, 0.3) is 0 Å². The Bertz CT molecular complexity index is 313. The average molecular weight is 252 g/mol. The highest BCUT2D eigenvalue weighted by molar-refractivity contribution is 5.67. The number of carboxylic acids is 1. The molecule has 0 spiro atoms. The lowest BCUT2D eigenvalue weighted by Gasteiger charge is -2.42. The Morgan fingerprint density at radius 1 is 1.06 bits per heavy atom. The van der Waals surface area contributed by atoms with Gasteiger partial charge in [0.2, 0.25) is 0 Å². The lowest BCUT2D eigenvalue weighted by molar-refractivity contribution is -0.138. The van der Waals surface area contributed by atoms with Crippen molar-refractivity contribution in [1.29, 1.82) is 0 Å². The third-order valence-electron chi connectivity index (χ3n) is 5.18. The first-order chi connectivity index (χ1) is 8.72. The molecular weight excluding hydrogens is 228 g/mol. The van der Waals surface area contributed by atoms with Crippen molar-refractivity contribution < 1.29 is 9.90 Å². The van der Waals surface area contributed by atoms with Crippen molar-refractivity contribution in [3.05, 3.63) is 0 Å². The summed E-state index contributed by atoms with van der Waals surface area (Å²) in [6.07, 6.45) is 5.24. The molecule has 3 aliphatic rings. The molecule has 3 saturated heterocycles. The van der Waals surface area contributed by atoms with Crippen molar-refractivity contribution in [1.82, 2.24) is 9.80 Å². The molecule has 102 valence electrons. The molecular formula is C14H24N2O2. The fraction of sp³-hybridized carbons (Fsp3) is 0.929. The van der Waals surface area contributed by atoms with Gasteiger partial charge in [-0.25, -0.2) is 0 Å². The molecule has 0 aliphatic carbocycles. The highest BCUT2D eigenvalue weighted by atomic mass is 16.4. The molecule has 2 bridgehead atoms. The van der Waals surface area contributed by atoms with Crippen molar-refractivity contribution >= 4 is 5.97 Å². The van der Waals surface area contributed by atoms with E-state index in [1.807, 2.05) is 0 Å². The van der Waals surface area contributed by atoms with Gasteiger partial charge in [-0.1, -0.05) is 0 Å². The van der Waals surface area contributed by atoms with Crippen molar-refractivity contribution in [2.45, 2.75) is 38.1 Å². The number of rotatable bonds is 3. The standard InChI is InChI=1S/C14H24N2O2/c17-14(18)9-11-1-7-16(8-2-11)13-4-6-15-5-3-12(13)10-15/h11-13H,1-10H2,(H,17,18). The largest absolute Gasteiger partial charge is 0.481 e. The zero-order valence-corrected chi connectivity index (χ0v) is 11.1. The van der Waals surface area contributed by atoms with Crippen LogP contribution in [0, 0.1) is 11.8 Å². The number of carboxylic acid groups (broad SMARTS) is 1. The van der Waals surface area contributed by atoms with Crippen LogP contribution < -0.4 is 0 Å². The minimum absolute atomic E-state index is 0.371. The number of aliphatic carboxylic acids is 1. The summed E-state index contributed by atoms with van der Waals surface area (Å²) in [5.74, 6) is 0.676. The molecule has 3 heterocycles. The van der Waals surface area contributed by atoms with Gasteiger partial charge in [0.15, 0.2) is 0 Å². The van der Waals surface area contributed by atoms with Gasteiger partial charge < -0.3 is 10.0 Å². The fourth-order valence-electron chi connectivity index (χ4n) is 4.15. The maximum atomic E-state index is 10.7. The molecule has 0 radical (unpaired) electrons. The van der Waals surface area contributed by atoms with E-state index in [0.717, 1.165) is 37.9 Å². The molecule has 0 aromatic carbocycles. The van der Waals surface area contributed by atoms with Crippen LogP contribution in [-0.2, 0) is 4.79 Å². The zero-order valence-electron chi connectivity index (χ0n) is 11.1. The molecule has 4 nitrogen and oxygen atoms in total.